The van der Waals surface area contributed by atoms with Crippen LogP contribution in [0.1, 0.15) is 0 Å². The number of hydrogen-bond acceptors (Lipinski definition) is 0. The van der Waals surface area contributed by atoms with Gasteiger partial charge in [-0.05, 0) is 45.5 Å². The molecule has 0 atom stereocenters. The Morgan fingerprint density at radius 2 is 0.769 bits per heavy atom. The summed E-state index contributed by atoms with van der Waals surface area (Å²) in [6.07, 6.45) is 0. The average Bonchev–Trinajstić information content (AvgIpc) is 2.70. The molecule has 0 spiro atoms. The fourth-order valence-corrected chi connectivity index (χ4v) is 3.13. The summed E-state index contributed by atoms with van der Waals surface area (Å²) in [5.74, 6) is 0. The summed E-state index contributed by atoms with van der Waals surface area (Å²) in [6, 6.07) is 35.0. The van der Waals surface area contributed by atoms with Crippen LogP contribution < -0.4 is 18.9 Å². The molecule has 0 saturated carbocycles. The van der Waals surface area contributed by atoms with Crippen LogP contribution in [-0.4, -0.2) is 0 Å². The van der Waals surface area contributed by atoms with Crippen LogP contribution in [0.15, 0.2) is 103 Å². The van der Waals surface area contributed by atoms with Gasteiger partial charge in [0.25, 0.3) is 0 Å². The van der Waals surface area contributed by atoms with Crippen molar-refractivity contribution in [2.24, 2.45) is 0 Å². The van der Waals surface area contributed by atoms with Crippen molar-refractivity contribution in [2.75, 3.05) is 0 Å². The molecule has 26 heavy (non-hydrogen) atoms. The Morgan fingerprint density at radius 3 is 1.15 bits per heavy atom. The molecule has 1 nitrogen and oxygen atoms in total. The second-order valence-corrected chi connectivity index (χ2v) is 6.04. The van der Waals surface area contributed by atoms with Crippen LogP contribution in [0.2, 0.25) is 0 Å². The maximum absolute atomic E-state index is 8.78. The summed E-state index contributed by atoms with van der Waals surface area (Å²) in [6.45, 7) is 0. The molecule has 0 fully saturated rings. The molecular formula is C24H18LiN. The Morgan fingerprint density at radius 1 is 0.423 bits per heavy atom. The predicted molar refractivity (Wildman–Crippen MR) is 107 cm³/mol. The molecule has 4 aromatic carbocycles. The first-order valence-corrected chi connectivity index (χ1v) is 8.39. The molecule has 0 aliphatic carbocycles. The van der Waals surface area contributed by atoms with Crippen molar-refractivity contribution in [3.63, 3.8) is 0 Å². The molecule has 0 amide bonds. The van der Waals surface area contributed by atoms with E-state index in [9.17, 15) is 0 Å². The average molecular weight is 327 g/mol. The molecule has 1 N–H and O–H groups in total. The SMILES string of the molecule is [Li+].[NH-]c1c(-c2ccccc2)cc(-c2ccccc2)cc1-c1ccccc1. The molecular weight excluding hydrogens is 309 g/mol. The standard InChI is InChI=1S/C24H18N.Li/c25-24-22(19-12-6-2-7-13-19)16-21(18-10-4-1-5-11-18)17-23(24)20-14-8-3-9-15-20;/h1-17,25H;/q-1;+1. The maximum Gasteiger partial charge on any atom is 1.00 e. The Balaban J connectivity index is 0.00000196. The smallest absolute Gasteiger partial charge is 0.698 e. The van der Waals surface area contributed by atoms with E-state index in [-0.39, 0.29) is 18.9 Å². The number of nitrogens with one attached hydrogen (secondary N) is 1. The summed E-state index contributed by atoms with van der Waals surface area (Å²) in [5, 5.41) is 0. The van der Waals surface area contributed by atoms with Gasteiger partial charge in [0.1, 0.15) is 0 Å². The first kappa shape index (κ1) is 18.1. The second kappa shape index (κ2) is 8.10. The predicted octanol–water partition coefficient (Wildman–Crippen LogP) is 4.38. The third-order valence-corrected chi connectivity index (χ3v) is 4.42. The zero-order valence-corrected chi connectivity index (χ0v) is 14.8. The van der Waals surface area contributed by atoms with Crippen molar-refractivity contribution in [3.05, 3.63) is 109 Å². The quantitative estimate of drug-likeness (QED) is 0.499. The molecule has 0 radical (unpaired) electrons. The van der Waals surface area contributed by atoms with E-state index in [1.807, 2.05) is 54.6 Å². The molecule has 0 unspecified atom stereocenters. The monoisotopic (exact) mass is 327 g/mol. The van der Waals surface area contributed by atoms with Crippen LogP contribution in [0.25, 0.3) is 39.1 Å². The zero-order chi connectivity index (χ0) is 17.1. The van der Waals surface area contributed by atoms with E-state index in [0.29, 0.717) is 5.69 Å². The molecule has 120 valence electrons. The number of rotatable bonds is 3. The minimum absolute atomic E-state index is 0. The topological polar surface area (TPSA) is 23.8 Å². The molecule has 0 saturated heterocycles. The van der Waals surface area contributed by atoms with Crippen LogP contribution in [0.5, 0.6) is 0 Å². The first-order valence-electron chi connectivity index (χ1n) is 8.39. The molecule has 0 bridgehead atoms. The van der Waals surface area contributed by atoms with Gasteiger partial charge in [-0.25, -0.2) is 0 Å². The van der Waals surface area contributed by atoms with Gasteiger partial charge in [-0.15, -0.1) is 5.69 Å². The van der Waals surface area contributed by atoms with Gasteiger partial charge in [0.2, 0.25) is 0 Å². The molecule has 0 aliphatic heterocycles. The van der Waals surface area contributed by atoms with E-state index in [2.05, 4.69) is 48.5 Å². The van der Waals surface area contributed by atoms with E-state index in [4.69, 9.17) is 5.73 Å². The van der Waals surface area contributed by atoms with E-state index in [1.165, 1.54) is 0 Å². The Hall–Kier alpha value is -2.72. The van der Waals surface area contributed by atoms with Crippen molar-refractivity contribution in [2.45, 2.75) is 0 Å². The summed E-state index contributed by atoms with van der Waals surface area (Å²) in [5.41, 5.74) is 15.7. The van der Waals surface area contributed by atoms with Gasteiger partial charge in [-0.2, -0.15) is 0 Å². The molecule has 4 aromatic rings. The molecule has 0 aromatic heterocycles. The molecule has 4 rings (SSSR count). The van der Waals surface area contributed by atoms with Gasteiger partial charge in [0, 0.05) is 0 Å². The van der Waals surface area contributed by atoms with Crippen molar-refractivity contribution < 1.29 is 18.9 Å². The third-order valence-electron chi connectivity index (χ3n) is 4.42. The van der Waals surface area contributed by atoms with E-state index in [1.54, 1.807) is 0 Å². The van der Waals surface area contributed by atoms with Crippen LogP contribution in [0.3, 0.4) is 0 Å². The number of benzene rings is 4. The first-order chi connectivity index (χ1) is 12.3. The van der Waals surface area contributed by atoms with Crippen molar-refractivity contribution in [1.29, 1.82) is 0 Å². The zero-order valence-electron chi connectivity index (χ0n) is 14.8. The van der Waals surface area contributed by atoms with E-state index >= 15 is 0 Å². The molecule has 0 aliphatic rings. The third kappa shape index (κ3) is 3.60. The van der Waals surface area contributed by atoms with Gasteiger partial charge in [0.15, 0.2) is 0 Å². The van der Waals surface area contributed by atoms with Gasteiger partial charge < -0.3 is 5.73 Å². The summed E-state index contributed by atoms with van der Waals surface area (Å²) >= 11 is 0. The molecule has 2 heteroatoms. The summed E-state index contributed by atoms with van der Waals surface area (Å²) < 4.78 is 0. The van der Waals surface area contributed by atoms with E-state index in [0.717, 1.165) is 33.4 Å². The van der Waals surface area contributed by atoms with Crippen molar-refractivity contribution in [3.8, 4) is 33.4 Å². The van der Waals surface area contributed by atoms with Crippen LogP contribution in [0.4, 0.5) is 5.69 Å². The number of hydrogen-bond donors (Lipinski definition) is 0. The maximum atomic E-state index is 8.78. The minimum atomic E-state index is 0. The van der Waals surface area contributed by atoms with Crippen molar-refractivity contribution in [1.82, 2.24) is 0 Å². The van der Waals surface area contributed by atoms with Gasteiger partial charge in [-0.3, -0.25) is 0 Å². The Kier molecular flexibility index (Phi) is 5.64. The second-order valence-electron chi connectivity index (χ2n) is 6.04. The van der Waals surface area contributed by atoms with Gasteiger partial charge in [-0.1, -0.05) is 91.0 Å². The molecule has 0 heterocycles. The minimum Gasteiger partial charge on any atom is -0.698 e. The van der Waals surface area contributed by atoms with Gasteiger partial charge >= 0.3 is 18.9 Å². The van der Waals surface area contributed by atoms with Gasteiger partial charge in [0.05, 0.1) is 0 Å². The van der Waals surface area contributed by atoms with Crippen LogP contribution in [-0.2, 0) is 0 Å². The fourth-order valence-electron chi connectivity index (χ4n) is 3.13. The summed E-state index contributed by atoms with van der Waals surface area (Å²) in [7, 11) is 0. The summed E-state index contributed by atoms with van der Waals surface area (Å²) in [4.78, 5) is 0. The Labute approximate surface area is 166 Å². The van der Waals surface area contributed by atoms with E-state index < -0.39 is 0 Å². The normalized spacial score (nSPS) is 10.2. The van der Waals surface area contributed by atoms with Crippen molar-refractivity contribution >= 4 is 5.69 Å². The Bertz CT molecular complexity index is 920. The largest absolute Gasteiger partial charge is 1.00 e. The fraction of sp³-hybridized carbons (Fsp3) is 0. The van der Waals surface area contributed by atoms with Crippen LogP contribution >= 0.6 is 0 Å². The van der Waals surface area contributed by atoms with Crippen LogP contribution in [0, 0.1) is 0 Å².